The van der Waals surface area contributed by atoms with E-state index in [1.54, 1.807) is 60.7 Å². The van der Waals surface area contributed by atoms with Gasteiger partial charge in [0, 0.05) is 11.1 Å². The molecule has 0 saturated heterocycles. The molecule has 1 aromatic heterocycles. The van der Waals surface area contributed by atoms with E-state index in [1.165, 1.54) is 0 Å². The molecule has 4 rings (SSSR count). The zero-order chi connectivity index (χ0) is 21.3. The molecule has 30 heavy (non-hydrogen) atoms. The number of nitrogens with zero attached hydrogens (tertiary/aromatic N) is 4. The molecule has 4 nitrogen and oxygen atoms in total. The van der Waals surface area contributed by atoms with Crippen LogP contribution in [0.25, 0.3) is 34.2 Å². The molecule has 0 saturated carbocycles. The summed E-state index contributed by atoms with van der Waals surface area (Å²) in [5, 5.41) is 8.79. The first-order valence-corrected chi connectivity index (χ1v) is 8.64. The lowest BCUT2D eigenvalue weighted by molar-refractivity contribution is 0.453. The Morgan fingerprint density at radius 2 is 0.967 bits per heavy atom. The summed E-state index contributed by atoms with van der Waals surface area (Å²) in [6.07, 6.45) is 0. The molecule has 0 amide bonds. The standard InChI is InChI=1S/C22H10F4N4/c23-16-14(11-27)17(24)19(26)15(18(16)25)22-29-20(12-7-3-1-4-8-12)28-21(30-22)13-9-5-2-6-10-13/h1-10H. The van der Waals surface area contributed by atoms with Crippen molar-refractivity contribution in [3.05, 3.63) is 89.5 Å². The van der Waals surface area contributed by atoms with E-state index in [9.17, 15) is 17.6 Å². The van der Waals surface area contributed by atoms with Crippen LogP contribution in [0.15, 0.2) is 60.7 Å². The lowest BCUT2D eigenvalue weighted by Gasteiger charge is -2.11. The summed E-state index contributed by atoms with van der Waals surface area (Å²) in [5.41, 5.74) is -1.45. The molecule has 0 radical (unpaired) electrons. The van der Waals surface area contributed by atoms with E-state index in [-0.39, 0.29) is 11.6 Å². The van der Waals surface area contributed by atoms with Gasteiger partial charge in [-0.25, -0.2) is 32.5 Å². The number of hydrogen-bond donors (Lipinski definition) is 0. The second kappa shape index (κ2) is 7.72. The number of nitriles is 1. The Balaban J connectivity index is 2.03. The van der Waals surface area contributed by atoms with E-state index in [0.29, 0.717) is 11.1 Å². The second-order valence-electron chi connectivity index (χ2n) is 6.16. The van der Waals surface area contributed by atoms with Gasteiger partial charge >= 0.3 is 0 Å². The second-order valence-corrected chi connectivity index (χ2v) is 6.16. The van der Waals surface area contributed by atoms with Gasteiger partial charge in [0.05, 0.1) is 5.56 Å². The molecular weight excluding hydrogens is 396 g/mol. The predicted octanol–water partition coefficient (Wildman–Crippen LogP) is 5.30. The number of aromatic nitrogens is 3. The smallest absolute Gasteiger partial charge is 0.180 e. The Morgan fingerprint density at radius 1 is 0.567 bits per heavy atom. The highest BCUT2D eigenvalue weighted by molar-refractivity contribution is 5.67. The first kappa shape index (κ1) is 19.2. The van der Waals surface area contributed by atoms with Crippen LogP contribution >= 0.6 is 0 Å². The van der Waals surface area contributed by atoms with Crippen molar-refractivity contribution in [2.24, 2.45) is 0 Å². The summed E-state index contributed by atoms with van der Waals surface area (Å²) in [6, 6.07) is 18.1. The maximum atomic E-state index is 14.6. The largest absolute Gasteiger partial charge is 0.208 e. The van der Waals surface area contributed by atoms with Crippen LogP contribution in [-0.2, 0) is 0 Å². The third-order valence-corrected chi connectivity index (χ3v) is 4.30. The van der Waals surface area contributed by atoms with Crippen molar-refractivity contribution in [2.75, 3.05) is 0 Å². The predicted molar refractivity (Wildman–Crippen MR) is 101 cm³/mol. The van der Waals surface area contributed by atoms with Gasteiger partial charge in [0.15, 0.2) is 40.7 Å². The maximum Gasteiger partial charge on any atom is 0.180 e. The first-order chi connectivity index (χ1) is 14.5. The molecular formula is C22H10F4N4. The average Bonchev–Trinajstić information content (AvgIpc) is 2.79. The van der Waals surface area contributed by atoms with Gasteiger partial charge in [0.2, 0.25) is 0 Å². The van der Waals surface area contributed by atoms with Crippen molar-refractivity contribution < 1.29 is 17.6 Å². The Kier molecular flexibility index (Phi) is 4.94. The van der Waals surface area contributed by atoms with Crippen LogP contribution in [0.1, 0.15) is 5.56 Å². The third-order valence-electron chi connectivity index (χ3n) is 4.30. The van der Waals surface area contributed by atoms with E-state index >= 15 is 0 Å². The molecule has 0 unspecified atom stereocenters. The first-order valence-electron chi connectivity index (χ1n) is 8.64. The fraction of sp³-hybridized carbons (Fsp3) is 0. The number of benzene rings is 3. The molecule has 1 heterocycles. The Hall–Kier alpha value is -4.12. The van der Waals surface area contributed by atoms with Crippen LogP contribution in [0.3, 0.4) is 0 Å². The summed E-state index contributed by atoms with van der Waals surface area (Å²) in [7, 11) is 0. The summed E-state index contributed by atoms with van der Waals surface area (Å²) in [4.78, 5) is 12.4. The topological polar surface area (TPSA) is 62.5 Å². The molecule has 0 fully saturated rings. The molecule has 146 valence electrons. The van der Waals surface area contributed by atoms with Crippen molar-refractivity contribution in [1.29, 1.82) is 5.26 Å². The van der Waals surface area contributed by atoms with Crippen LogP contribution < -0.4 is 0 Å². The number of halogens is 4. The molecule has 0 spiro atoms. The lowest BCUT2D eigenvalue weighted by Crippen LogP contribution is -2.08. The third kappa shape index (κ3) is 3.26. The van der Waals surface area contributed by atoms with Gasteiger partial charge in [-0.15, -0.1) is 0 Å². The summed E-state index contributed by atoms with van der Waals surface area (Å²) >= 11 is 0. The van der Waals surface area contributed by atoms with Crippen LogP contribution in [0.4, 0.5) is 17.6 Å². The lowest BCUT2D eigenvalue weighted by atomic mass is 10.1. The molecule has 0 bridgehead atoms. The molecule has 0 atom stereocenters. The Morgan fingerprint density at radius 3 is 1.37 bits per heavy atom. The molecule has 0 N–H and O–H groups in total. The Labute approximate surface area is 168 Å². The fourth-order valence-corrected chi connectivity index (χ4v) is 2.85. The van der Waals surface area contributed by atoms with E-state index < -0.39 is 40.2 Å². The zero-order valence-corrected chi connectivity index (χ0v) is 15.1. The van der Waals surface area contributed by atoms with Gasteiger partial charge < -0.3 is 0 Å². The van der Waals surface area contributed by atoms with E-state index in [2.05, 4.69) is 15.0 Å². The highest BCUT2D eigenvalue weighted by atomic mass is 19.2. The number of hydrogen-bond acceptors (Lipinski definition) is 4. The quantitative estimate of drug-likeness (QED) is 0.342. The zero-order valence-electron chi connectivity index (χ0n) is 15.1. The highest BCUT2D eigenvalue weighted by Crippen LogP contribution is 2.32. The van der Waals surface area contributed by atoms with Crippen molar-refractivity contribution in [1.82, 2.24) is 15.0 Å². The fourth-order valence-electron chi connectivity index (χ4n) is 2.85. The van der Waals surface area contributed by atoms with Gasteiger partial charge in [-0.1, -0.05) is 60.7 Å². The summed E-state index contributed by atoms with van der Waals surface area (Å²) in [5.74, 6) is -7.61. The SMILES string of the molecule is N#Cc1c(F)c(F)c(-c2nc(-c3ccccc3)nc(-c3ccccc3)n2)c(F)c1F. The molecule has 0 aliphatic rings. The summed E-state index contributed by atoms with van der Waals surface area (Å²) in [6.45, 7) is 0. The molecule has 3 aromatic carbocycles. The average molecular weight is 406 g/mol. The molecule has 8 heteroatoms. The van der Waals surface area contributed by atoms with Gasteiger partial charge in [0.1, 0.15) is 11.6 Å². The van der Waals surface area contributed by atoms with Gasteiger partial charge in [-0.2, -0.15) is 5.26 Å². The molecule has 0 aliphatic heterocycles. The van der Waals surface area contributed by atoms with Crippen LogP contribution in [0.5, 0.6) is 0 Å². The molecule has 0 aliphatic carbocycles. The van der Waals surface area contributed by atoms with Gasteiger partial charge in [-0.3, -0.25) is 0 Å². The van der Waals surface area contributed by atoms with Crippen molar-refractivity contribution in [3.63, 3.8) is 0 Å². The minimum Gasteiger partial charge on any atom is -0.208 e. The monoisotopic (exact) mass is 406 g/mol. The van der Waals surface area contributed by atoms with Crippen molar-refractivity contribution in [3.8, 4) is 40.2 Å². The van der Waals surface area contributed by atoms with Gasteiger partial charge in [0.25, 0.3) is 0 Å². The minimum absolute atomic E-state index is 0.0587. The van der Waals surface area contributed by atoms with E-state index in [0.717, 1.165) is 6.07 Å². The highest BCUT2D eigenvalue weighted by Gasteiger charge is 2.28. The van der Waals surface area contributed by atoms with E-state index in [1.807, 2.05) is 0 Å². The normalized spacial score (nSPS) is 10.6. The van der Waals surface area contributed by atoms with E-state index in [4.69, 9.17) is 5.26 Å². The van der Waals surface area contributed by atoms with Crippen molar-refractivity contribution >= 4 is 0 Å². The van der Waals surface area contributed by atoms with Crippen LogP contribution in [-0.4, -0.2) is 15.0 Å². The number of rotatable bonds is 3. The van der Waals surface area contributed by atoms with Crippen LogP contribution in [0.2, 0.25) is 0 Å². The minimum atomic E-state index is -1.81. The molecule has 4 aromatic rings. The Bertz CT molecular complexity index is 1200. The van der Waals surface area contributed by atoms with Gasteiger partial charge in [-0.05, 0) is 0 Å². The van der Waals surface area contributed by atoms with Crippen LogP contribution in [0, 0.1) is 34.6 Å². The maximum absolute atomic E-state index is 14.6. The summed E-state index contributed by atoms with van der Waals surface area (Å²) < 4.78 is 57.5. The van der Waals surface area contributed by atoms with Crippen molar-refractivity contribution in [2.45, 2.75) is 0 Å².